The fourth-order valence-electron chi connectivity index (χ4n) is 1.30. The van der Waals surface area contributed by atoms with Gasteiger partial charge in [0.1, 0.15) is 5.75 Å². The summed E-state index contributed by atoms with van der Waals surface area (Å²) in [6, 6.07) is 6.00. The van der Waals surface area contributed by atoms with Gasteiger partial charge in [-0.3, -0.25) is 0 Å². The van der Waals surface area contributed by atoms with E-state index in [-0.39, 0.29) is 0 Å². The monoisotopic (exact) mass is 256 g/mol. The first kappa shape index (κ1) is 13.3. The maximum atomic E-state index is 5.27. The molecule has 0 saturated heterocycles. The average Bonchev–Trinajstić information content (AvgIpc) is 2.30. The highest BCUT2D eigenvalue weighted by molar-refractivity contribution is 8.22. The summed E-state index contributed by atoms with van der Waals surface area (Å²) < 4.78 is 11.0. The molecule has 0 saturated carbocycles. The van der Waals surface area contributed by atoms with Crippen molar-refractivity contribution in [2.24, 2.45) is 0 Å². The van der Waals surface area contributed by atoms with E-state index in [2.05, 4.69) is 6.92 Å². The van der Waals surface area contributed by atoms with Gasteiger partial charge in [0.15, 0.2) is 0 Å². The number of thioether (sulfide) groups is 1. The van der Waals surface area contributed by atoms with E-state index >= 15 is 0 Å². The third-order valence-electron chi connectivity index (χ3n) is 2.10. The lowest BCUT2D eigenvalue weighted by Gasteiger charge is -2.10. The van der Waals surface area contributed by atoms with Crippen LogP contribution in [-0.4, -0.2) is 18.1 Å². The Bertz CT molecular complexity index is 364. The van der Waals surface area contributed by atoms with Crippen LogP contribution < -0.4 is 4.74 Å². The molecule has 0 N–H and O–H groups in total. The number of ether oxygens (including phenoxy) is 2. The molecule has 0 bridgehead atoms. The molecule has 0 heterocycles. The van der Waals surface area contributed by atoms with E-state index < -0.39 is 0 Å². The quantitative estimate of drug-likeness (QED) is 0.604. The third-order valence-corrected chi connectivity index (χ3v) is 3.37. The molecule has 16 heavy (non-hydrogen) atoms. The molecule has 0 aliphatic carbocycles. The minimum Gasteiger partial charge on any atom is -0.497 e. The van der Waals surface area contributed by atoms with E-state index in [9.17, 15) is 0 Å². The molecule has 0 aromatic heterocycles. The van der Waals surface area contributed by atoms with Gasteiger partial charge in [0.2, 0.25) is 4.38 Å². The molecule has 88 valence electrons. The lowest BCUT2D eigenvalue weighted by Crippen LogP contribution is -1.97. The zero-order chi connectivity index (χ0) is 12.0. The Hall–Kier alpha value is -0.740. The Morgan fingerprint density at radius 3 is 2.69 bits per heavy atom. The summed E-state index contributed by atoms with van der Waals surface area (Å²) >= 11 is 6.61. The molecule has 2 nitrogen and oxygen atoms in total. The zero-order valence-electron chi connectivity index (χ0n) is 9.78. The van der Waals surface area contributed by atoms with Crippen molar-refractivity contribution in [3.8, 4) is 5.75 Å². The van der Waals surface area contributed by atoms with E-state index in [1.165, 1.54) is 17.3 Å². The van der Waals surface area contributed by atoms with Crippen LogP contribution >= 0.6 is 24.0 Å². The van der Waals surface area contributed by atoms with Crippen LogP contribution in [0, 0.1) is 0 Å². The molecule has 0 amide bonds. The third kappa shape index (κ3) is 3.68. The maximum Gasteiger partial charge on any atom is 0.224 e. The molecule has 0 radical (unpaired) electrons. The van der Waals surface area contributed by atoms with Crippen LogP contribution in [0.25, 0.3) is 0 Å². The molecule has 0 fully saturated rings. The number of hydrogen-bond acceptors (Lipinski definition) is 4. The van der Waals surface area contributed by atoms with E-state index in [0.717, 1.165) is 17.1 Å². The molecule has 0 aliphatic heterocycles. The van der Waals surface area contributed by atoms with Gasteiger partial charge in [-0.2, -0.15) is 0 Å². The minimum absolute atomic E-state index is 0.572. The van der Waals surface area contributed by atoms with Crippen LogP contribution in [0.15, 0.2) is 23.1 Å². The van der Waals surface area contributed by atoms with Crippen molar-refractivity contribution < 1.29 is 9.47 Å². The van der Waals surface area contributed by atoms with Crippen molar-refractivity contribution in [3.63, 3.8) is 0 Å². The van der Waals surface area contributed by atoms with Gasteiger partial charge >= 0.3 is 0 Å². The summed E-state index contributed by atoms with van der Waals surface area (Å²) in [5.41, 5.74) is 1.23. The van der Waals surface area contributed by atoms with Crippen molar-refractivity contribution in [3.05, 3.63) is 23.8 Å². The second-order valence-electron chi connectivity index (χ2n) is 3.11. The minimum atomic E-state index is 0.572. The van der Waals surface area contributed by atoms with Crippen LogP contribution in [0.2, 0.25) is 0 Å². The van der Waals surface area contributed by atoms with Gasteiger partial charge in [-0.25, -0.2) is 0 Å². The van der Waals surface area contributed by atoms with E-state index in [1.54, 1.807) is 7.11 Å². The summed E-state index contributed by atoms with van der Waals surface area (Å²) in [6.07, 6.45) is 0.953. The number of rotatable bonds is 4. The van der Waals surface area contributed by atoms with Gasteiger partial charge in [-0.1, -0.05) is 6.92 Å². The predicted molar refractivity (Wildman–Crippen MR) is 72.5 cm³/mol. The smallest absolute Gasteiger partial charge is 0.224 e. The Labute approximate surface area is 106 Å². The summed E-state index contributed by atoms with van der Waals surface area (Å²) in [5.74, 6) is 0.878. The molecule has 1 aromatic rings. The lowest BCUT2D eigenvalue weighted by molar-refractivity contribution is 0.346. The first-order valence-corrected chi connectivity index (χ1v) is 6.45. The second-order valence-corrected chi connectivity index (χ2v) is 4.76. The van der Waals surface area contributed by atoms with E-state index in [1.807, 2.05) is 25.1 Å². The van der Waals surface area contributed by atoms with Crippen LogP contribution in [-0.2, 0) is 11.2 Å². The Morgan fingerprint density at radius 1 is 1.38 bits per heavy atom. The largest absolute Gasteiger partial charge is 0.497 e. The Balaban J connectivity index is 2.83. The van der Waals surface area contributed by atoms with E-state index in [4.69, 9.17) is 21.7 Å². The summed E-state index contributed by atoms with van der Waals surface area (Å²) in [7, 11) is 1.67. The van der Waals surface area contributed by atoms with Crippen molar-refractivity contribution >= 4 is 28.4 Å². The number of methoxy groups -OCH3 is 1. The van der Waals surface area contributed by atoms with Gasteiger partial charge in [0.25, 0.3) is 0 Å². The van der Waals surface area contributed by atoms with Gasteiger partial charge in [-0.15, -0.1) is 0 Å². The molecule has 0 aliphatic rings. The number of aryl methyl sites for hydroxylation is 1. The zero-order valence-corrected chi connectivity index (χ0v) is 11.4. The Morgan fingerprint density at radius 2 is 2.12 bits per heavy atom. The summed E-state index contributed by atoms with van der Waals surface area (Å²) in [5, 5.41) is 0. The molecule has 1 rings (SSSR count). The van der Waals surface area contributed by atoms with Crippen molar-refractivity contribution in [2.45, 2.75) is 25.2 Å². The van der Waals surface area contributed by atoms with Crippen molar-refractivity contribution in [1.82, 2.24) is 0 Å². The summed E-state index contributed by atoms with van der Waals surface area (Å²) in [6.45, 7) is 4.66. The SMILES string of the molecule is CCOC(=S)Sc1ccc(OC)cc1CC. The number of hydrogen-bond donors (Lipinski definition) is 0. The van der Waals surface area contributed by atoms with Gasteiger partial charge in [-0.05, 0) is 61.1 Å². The van der Waals surface area contributed by atoms with E-state index in [0.29, 0.717) is 11.0 Å². The van der Waals surface area contributed by atoms with Crippen molar-refractivity contribution in [2.75, 3.05) is 13.7 Å². The summed E-state index contributed by atoms with van der Waals surface area (Å²) in [4.78, 5) is 1.14. The van der Waals surface area contributed by atoms with Gasteiger partial charge in [0.05, 0.1) is 13.7 Å². The highest BCUT2D eigenvalue weighted by atomic mass is 32.2. The van der Waals surface area contributed by atoms with Crippen LogP contribution in [0.4, 0.5) is 0 Å². The fraction of sp³-hybridized carbons (Fsp3) is 0.417. The molecule has 0 unspecified atom stereocenters. The molecule has 1 aromatic carbocycles. The Kier molecular flexibility index (Phi) is 5.63. The molecule has 4 heteroatoms. The van der Waals surface area contributed by atoms with Crippen LogP contribution in [0.1, 0.15) is 19.4 Å². The average molecular weight is 256 g/mol. The first-order valence-electron chi connectivity index (χ1n) is 5.22. The lowest BCUT2D eigenvalue weighted by atomic mass is 10.1. The molecule has 0 atom stereocenters. The van der Waals surface area contributed by atoms with Crippen molar-refractivity contribution in [1.29, 1.82) is 0 Å². The van der Waals surface area contributed by atoms with Gasteiger partial charge in [0, 0.05) is 4.90 Å². The maximum absolute atomic E-state index is 5.27. The normalized spacial score (nSPS) is 9.94. The predicted octanol–water partition coefficient (Wildman–Crippen LogP) is 3.67. The van der Waals surface area contributed by atoms with Gasteiger partial charge < -0.3 is 9.47 Å². The topological polar surface area (TPSA) is 18.5 Å². The number of thiocarbonyl (C=S) groups is 1. The molecular weight excluding hydrogens is 240 g/mol. The van der Waals surface area contributed by atoms with Crippen LogP contribution in [0.5, 0.6) is 5.75 Å². The first-order chi connectivity index (χ1) is 7.71. The standard InChI is InChI=1S/C12H16O2S2/c1-4-9-8-10(13-3)6-7-11(9)16-12(15)14-5-2/h6-8H,4-5H2,1-3H3. The molecular formula is C12H16O2S2. The fourth-order valence-corrected chi connectivity index (χ4v) is 2.51. The van der Waals surface area contributed by atoms with Crippen LogP contribution in [0.3, 0.4) is 0 Å². The number of benzene rings is 1. The molecule has 0 spiro atoms. The highest BCUT2D eigenvalue weighted by Gasteiger charge is 2.07. The second kappa shape index (κ2) is 6.76. The highest BCUT2D eigenvalue weighted by Crippen LogP contribution is 2.28.